The average molecular weight is 418 g/mol. The number of β-lactam (4-membered cyclic amide) rings is 1. The number of nitrogens with zero attached hydrogens (tertiary/aromatic N) is 2. The zero-order valence-corrected chi connectivity index (χ0v) is 16.8. The van der Waals surface area contributed by atoms with Crippen molar-refractivity contribution in [2.24, 2.45) is 5.92 Å². The van der Waals surface area contributed by atoms with E-state index in [-0.39, 0.29) is 31.0 Å². The normalized spacial score (nSPS) is 26.0. The van der Waals surface area contributed by atoms with Crippen molar-refractivity contribution in [2.45, 2.75) is 23.1 Å². The second kappa shape index (κ2) is 8.69. The lowest BCUT2D eigenvalue weighted by Crippen LogP contribution is -2.61. The van der Waals surface area contributed by atoms with Gasteiger partial charge in [0.15, 0.2) is 4.75 Å². The topological polar surface area (TPSA) is 95.0 Å². The molecule has 3 heterocycles. The summed E-state index contributed by atoms with van der Waals surface area (Å²) in [4.78, 5) is 43.1. The fraction of sp³-hybridized carbons (Fsp3) is 0.400. The number of carbonyl (C=O) groups excluding carboxylic acids is 3. The Morgan fingerprint density at radius 3 is 2.76 bits per heavy atom. The van der Waals surface area contributed by atoms with Gasteiger partial charge < -0.3 is 19.1 Å². The van der Waals surface area contributed by atoms with Gasteiger partial charge in [0.2, 0.25) is 5.91 Å². The van der Waals surface area contributed by atoms with Crippen molar-refractivity contribution in [3.63, 3.8) is 0 Å². The van der Waals surface area contributed by atoms with Gasteiger partial charge in [-0.15, -0.1) is 11.8 Å². The predicted octanol–water partition coefficient (Wildman–Crippen LogP) is 2.27. The number of esters is 1. The molecule has 0 bridgehead atoms. The van der Waals surface area contributed by atoms with E-state index in [2.05, 4.69) is 18.1 Å². The molecule has 3 rings (SSSR count). The van der Waals surface area contributed by atoms with E-state index in [0.29, 0.717) is 5.56 Å². The molecule has 2 saturated heterocycles. The molecule has 1 aromatic heterocycles. The van der Waals surface area contributed by atoms with Crippen molar-refractivity contribution in [2.75, 3.05) is 19.8 Å². The van der Waals surface area contributed by atoms with Gasteiger partial charge in [-0.25, -0.2) is 4.79 Å². The van der Waals surface area contributed by atoms with Crippen LogP contribution in [0.2, 0.25) is 0 Å². The maximum atomic E-state index is 13.0. The lowest BCUT2D eigenvalue weighted by Gasteiger charge is -2.43. The number of ether oxygens (including phenoxy) is 3. The Hall–Kier alpha value is -2.81. The molecule has 0 aromatic carbocycles. The molecular weight excluding hydrogens is 396 g/mol. The van der Waals surface area contributed by atoms with Crippen LogP contribution in [0.5, 0.6) is 0 Å². The molecule has 8 nitrogen and oxygen atoms in total. The molecule has 29 heavy (non-hydrogen) atoms. The molecule has 9 heteroatoms. The number of amides is 1. The summed E-state index contributed by atoms with van der Waals surface area (Å²) in [5.41, 5.74) is 0.652. The standard InChI is InChI=1S/C20H22N2O6S/c1-4-9-26-18(24)20(14-7-6-8-21-11-14)12-22-16(23)15(17(22)29-20)13(3)28-19(25)27-10-5-2/h4-8,11,13,15,17H,1-2,9-10,12H2,3H3/t13-,15+,17-,20?/m1/s1. The van der Waals surface area contributed by atoms with Gasteiger partial charge in [-0.3, -0.25) is 14.6 Å². The van der Waals surface area contributed by atoms with Crippen LogP contribution in [0, 0.1) is 5.92 Å². The van der Waals surface area contributed by atoms with Crippen LogP contribution < -0.4 is 0 Å². The van der Waals surface area contributed by atoms with E-state index in [9.17, 15) is 14.4 Å². The van der Waals surface area contributed by atoms with Crippen LogP contribution >= 0.6 is 11.8 Å². The summed E-state index contributed by atoms with van der Waals surface area (Å²) in [6, 6.07) is 3.52. The van der Waals surface area contributed by atoms with Crippen molar-refractivity contribution >= 4 is 29.8 Å². The molecule has 2 aliphatic heterocycles. The minimum Gasteiger partial charge on any atom is -0.460 e. The summed E-state index contributed by atoms with van der Waals surface area (Å²) in [6.07, 6.45) is 4.55. The molecule has 4 atom stereocenters. The minimum absolute atomic E-state index is 0.0216. The Labute approximate surface area is 172 Å². The number of thioether (sulfide) groups is 1. The summed E-state index contributed by atoms with van der Waals surface area (Å²) in [6.45, 7) is 8.91. The molecule has 0 aliphatic carbocycles. The number of pyridine rings is 1. The van der Waals surface area contributed by atoms with Gasteiger partial charge in [0.1, 0.15) is 25.2 Å². The van der Waals surface area contributed by atoms with E-state index in [0.717, 1.165) is 0 Å². The van der Waals surface area contributed by atoms with Crippen molar-refractivity contribution in [3.8, 4) is 0 Å². The van der Waals surface area contributed by atoms with E-state index < -0.39 is 28.9 Å². The van der Waals surface area contributed by atoms with E-state index in [1.54, 1.807) is 36.4 Å². The Morgan fingerprint density at radius 1 is 1.38 bits per heavy atom. The largest absolute Gasteiger partial charge is 0.508 e. The number of hydrogen-bond donors (Lipinski definition) is 0. The highest BCUT2D eigenvalue weighted by molar-refractivity contribution is 8.02. The highest BCUT2D eigenvalue weighted by Gasteiger charge is 2.64. The number of rotatable bonds is 8. The fourth-order valence-electron chi connectivity index (χ4n) is 3.40. The maximum absolute atomic E-state index is 13.0. The SMILES string of the molecule is C=CCOC(=O)O[C@H](C)[C@H]1C(=O)N2CC(C(=O)OCC=C)(c3cccnc3)S[C@H]12. The van der Waals surface area contributed by atoms with Crippen molar-refractivity contribution < 1.29 is 28.6 Å². The van der Waals surface area contributed by atoms with Crippen molar-refractivity contribution in [1.29, 1.82) is 0 Å². The number of aromatic nitrogens is 1. The Morgan fingerprint density at radius 2 is 2.10 bits per heavy atom. The summed E-state index contributed by atoms with van der Waals surface area (Å²) in [5.74, 6) is -1.23. The van der Waals surface area contributed by atoms with Crippen molar-refractivity contribution in [1.82, 2.24) is 9.88 Å². The third-order valence-electron chi connectivity index (χ3n) is 4.79. The van der Waals surface area contributed by atoms with Gasteiger partial charge in [0.25, 0.3) is 0 Å². The highest BCUT2D eigenvalue weighted by atomic mass is 32.2. The smallest absolute Gasteiger partial charge is 0.460 e. The van der Waals surface area contributed by atoms with Crippen LogP contribution in [0.4, 0.5) is 4.79 Å². The Balaban J connectivity index is 1.79. The third kappa shape index (κ3) is 3.87. The average Bonchev–Trinajstić information content (AvgIpc) is 3.07. The zero-order chi connectivity index (χ0) is 21.0. The van der Waals surface area contributed by atoms with E-state index >= 15 is 0 Å². The molecule has 1 unspecified atom stereocenters. The number of hydrogen-bond acceptors (Lipinski definition) is 8. The van der Waals surface area contributed by atoms with E-state index in [1.807, 2.05) is 0 Å². The summed E-state index contributed by atoms with van der Waals surface area (Å²) >= 11 is 1.31. The Bertz CT molecular complexity index is 816. The summed E-state index contributed by atoms with van der Waals surface area (Å²) in [7, 11) is 0. The number of carbonyl (C=O) groups is 3. The second-order valence-corrected chi connectivity index (χ2v) is 8.04. The predicted molar refractivity (Wildman–Crippen MR) is 106 cm³/mol. The molecule has 1 amide bonds. The van der Waals surface area contributed by atoms with Crippen LogP contribution in [-0.4, -0.2) is 59.2 Å². The van der Waals surface area contributed by atoms with Crippen LogP contribution in [0.25, 0.3) is 0 Å². The first-order valence-electron chi connectivity index (χ1n) is 9.06. The van der Waals surface area contributed by atoms with Crippen LogP contribution in [0.15, 0.2) is 49.8 Å². The summed E-state index contributed by atoms with van der Waals surface area (Å²) in [5, 5.41) is -0.332. The van der Waals surface area contributed by atoms with Gasteiger partial charge in [0, 0.05) is 12.4 Å². The van der Waals surface area contributed by atoms with Gasteiger partial charge >= 0.3 is 12.1 Å². The molecule has 2 aliphatic rings. The first-order chi connectivity index (χ1) is 13.9. The van der Waals surface area contributed by atoms with Gasteiger partial charge in [-0.05, 0) is 18.6 Å². The fourth-order valence-corrected chi connectivity index (χ4v) is 5.23. The molecule has 1 aromatic rings. The molecular formula is C20H22N2O6S. The van der Waals surface area contributed by atoms with Gasteiger partial charge in [-0.2, -0.15) is 0 Å². The lowest BCUT2D eigenvalue weighted by molar-refractivity contribution is -0.157. The zero-order valence-electron chi connectivity index (χ0n) is 16.0. The van der Waals surface area contributed by atoms with E-state index in [1.165, 1.54) is 23.9 Å². The number of fused-ring (bicyclic) bond motifs is 1. The minimum atomic E-state index is -1.10. The third-order valence-corrected chi connectivity index (χ3v) is 6.52. The van der Waals surface area contributed by atoms with E-state index in [4.69, 9.17) is 14.2 Å². The van der Waals surface area contributed by atoms with Gasteiger partial charge in [0.05, 0.1) is 11.9 Å². The van der Waals surface area contributed by atoms with Crippen LogP contribution in [-0.2, 0) is 28.5 Å². The molecule has 2 fully saturated rings. The molecule has 0 radical (unpaired) electrons. The first-order valence-corrected chi connectivity index (χ1v) is 9.93. The highest BCUT2D eigenvalue weighted by Crippen LogP contribution is 2.55. The molecule has 0 spiro atoms. The Kier molecular flexibility index (Phi) is 6.26. The first kappa shape index (κ1) is 20.9. The summed E-state index contributed by atoms with van der Waals surface area (Å²) < 4.78 is 14.3. The van der Waals surface area contributed by atoms with Crippen molar-refractivity contribution in [3.05, 3.63) is 55.4 Å². The molecule has 0 N–H and O–H groups in total. The second-order valence-electron chi connectivity index (χ2n) is 6.63. The quantitative estimate of drug-likeness (QED) is 0.360. The van der Waals surface area contributed by atoms with Crippen LogP contribution in [0.3, 0.4) is 0 Å². The van der Waals surface area contributed by atoms with Crippen LogP contribution in [0.1, 0.15) is 12.5 Å². The molecule has 0 saturated carbocycles. The monoisotopic (exact) mass is 418 g/mol. The lowest BCUT2D eigenvalue weighted by atomic mass is 9.90. The molecule has 154 valence electrons. The maximum Gasteiger partial charge on any atom is 0.508 e. The van der Waals surface area contributed by atoms with Gasteiger partial charge in [-0.1, -0.05) is 31.4 Å².